The highest BCUT2D eigenvalue weighted by Crippen LogP contribution is 2.58. The summed E-state index contributed by atoms with van der Waals surface area (Å²) in [6, 6.07) is 0. The van der Waals surface area contributed by atoms with Crippen LogP contribution >= 0.6 is 0 Å². The van der Waals surface area contributed by atoms with Crippen molar-refractivity contribution in [1.82, 2.24) is 5.32 Å². The number of carboxylic acids is 1. The van der Waals surface area contributed by atoms with Crippen molar-refractivity contribution < 1.29 is 60.3 Å². The molecule has 1 rings (SSSR count). The quantitative estimate of drug-likeness (QED) is 0.150. The molecular weight excluding hydrogens is 422 g/mol. The molecule has 0 aliphatic carbocycles. The number of carbonyl (C=O) groups excluding carboxylic acids is 1. The summed E-state index contributed by atoms with van der Waals surface area (Å²) < 4.78 is 5.51. The van der Waals surface area contributed by atoms with E-state index in [4.69, 9.17) is 14.9 Å². The van der Waals surface area contributed by atoms with Crippen molar-refractivity contribution in [1.29, 1.82) is 0 Å². The molecule has 0 saturated carbocycles. The number of hydrogen-bond acceptors (Lipinski definition) is 11. The molecule has 1 aliphatic heterocycles. The highest BCUT2D eigenvalue weighted by Gasteiger charge is 2.77. The maximum absolute atomic E-state index is 12.1. The highest BCUT2D eigenvalue weighted by atomic mass is 16.7. The van der Waals surface area contributed by atoms with Gasteiger partial charge in [-0.15, -0.1) is 0 Å². The van der Waals surface area contributed by atoms with Gasteiger partial charge in [-0.2, -0.15) is 0 Å². The van der Waals surface area contributed by atoms with Crippen molar-refractivity contribution in [2.75, 3.05) is 13.2 Å². The third-order valence-electron chi connectivity index (χ3n) is 6.91. The van der Waals surface area contributed by atoms with Crippen molar-refractivity contribution in [3.05, 3.63) is 0 Å². The first-order valence-corrected chi connectivity index (χ1v) is 9.54. The summed E-state index contributed by atoms with van der Waals surface area (Å²) in [5.74, 6) is -6.02. The molecule has 31 heavy (non-hydrogen) atoms. The summed E-state index contributed by atoms with van der Waals surface area (Å²) in [4.78, 5) is 24.0. The summed E-state index contributed by atoms with van der Waals surface area (Å²) in [6.07, 6.45) is -7.28. The highest BCUT2D eigenvalue weighted by molar-refractivity contribution is 5.80. The van der Waals surface area contributed by atoms with E-state index in [9.17, 15) is 45.3 Å². The smallest absolute Gasteiger partial charge is 0.364 e. The molecule has 0 spiro atoms. The summed E-state index contributed by atoms with van der Waals surface area (Å²) in [5.41, 5.74) is -8.69. The third-order valence-corrected chi connectivity index (χ3v) is 6.91. The first-order valence-electron chi connectivity index (χ1n) is 9.54. The van der Waals surface area contributed by atoms with E-state index < -0.39 is 84.4 Å². The minimum absolute atomic E-state index is 0.545. The SMILES string of the molecule is CC1(C)[C@](O)(C(=O)O)OC(CO)(CCC(O)C(O)C(O)O)[C@](C)(NC(=O)CO)[C@]1(C)O. The van der Waals surface area contributed by atoms with Gasteiger partial charge in [0.15, 0.2) is 6.29 Å². The zero-order chi connectivity index (χ0) is 24.6. The average molecular weight is 455 g/mol. The van der Waals surface area contributed by atoms with Crippen LogP contribution in [-0.2, 0) is 14.3 Å². The molecule has 0 aromatic heterocycles. The number of aliphatic hydroxyl groups excluding tert-OH is 5. The molecule has 1 amide bonds. The Morgan fingerprint density at radius 1 is 1.00 bits per heavy atom. The van der Waals surface area contributed by atoms with E-state index in [2.05, 4.69) is 5.32 Å². The van der Waals surface area contributed by atoms with Crippen molar-refractivity contribution in [2.45, 2.75) is 81.6 Å². The second-order valence-corrected chi connectivity index (χ2v) is 8.74. The van der Waals surface area contributed by atoms with E-state index in [1.807, 2.05) is 0 Å². The van der Waals surface area contributed by atoms with Crippen molar-refractivity contribution in [3.63, 3.8) is 0 Å². The minimum Gasteiger partial charge on any atom is -0.477 e. The maximum atomic E-state index is 12.1. The molecule has 13 nitrogen and oxygen atoms in total. The van der Waals surface area contributed by atoms with Gasteiger partial charge in [0, 0.05) is 0 Å². The van der Waals surface area contributed by atoms with Crippen molar-refractivity contribution >= 4 is 11.9 Å². The number of carboxylic acid groups (broad SMARTS) is 1. The lowest BCUT2D eigenvalue weighted by Crippen LogP contribution is -2.87. The van der Waals surface area contributed by atoms with Crippen LogP contribution in [0.5, 0.6) is 0 Å². The number of ether oxygens (including phenoxy) is 1. The van der Waals surface area contributed by atoms with Gasteiger partial charge in [0.2, 0.25) is 5.91 Å². The standard InChI is InChI=1S/C18H33NO12/c1-14(2)16(4,29)15(3,19-10(23)7-20)17(8-21,31-18(14,30)13(27)28)6-5-9(22)11(24)12(25)26/h9,11-12,20-22,24-26,29-30H,5-8H2,1-4H3,(H,19,23)(H,27,28)/t9?,11?,15-,16-,17?,18+/m1/s1. The zero-order valence-electron chi connectivity index (χ0n) is 17.8. The molecule has 6 atom stereocenters. The van der Waals surface area contributed by atoms with Crippen molar-refractivity contribution in [2.24, 2.45) is 5.41 Å². The van der Waals surface area contributed by atoms with Gasteiger partial charge >= 0.3 is 5.97 Å². The van der Waals surface area contributed by atoms with Crippen LogP contribution in [0.2, 0.25) is 0 Å². The van der Waals surface area contributed by atoms with Crippen LogP contribution in [-0.4, -0.2) is 112 Å². The fraction of sp³-hybridized carbons (Fsp3) is 0.889. The van der Waals surface area contributed by atoms with Crippen LogP contribution in [0, 0.1) is 5.41 Å². The molecule has 0 bridgehead atoms. The Morgan fingerprint density at radius 3 is 1.90 bits per heavy atom. The second-order valence-electron chi connectivity index (χ2n) is 8.74. The van der Waals surface area contributed by atoms with E-state index in [1.165, 1.54) is 6.92 Å². The van der Waals surface area contributed by atoms with E-state index in [0.717, 1.165) is 20.8 Å². The monoisotopic (exact) mass is 455 g/mol. The van der Waals surface area contributed by atoms with E-state index in [1.54, 1.807) is 0 Å². The van der Waals surface area contributed by atoms with E-state index in [0.29, 0.717) is 0 Å². The van der Waals surface area contributed by atoms with Crippen LogP contribution in [0.4, 0.5) is 0 Å². The molecule has 0 radical (unpaired) electrons. The van der Waals surface area contributed by atoms with Gasteiger partial charge in [-0.25, -0.2) is 4.79 Å². The van der Waals surface area contributed by atoms with Gasteiger partial charge in [-0.3, -0.25) is 4.79 Å². The number of nitrogens with one attached hydrogen (secondary N) is 1. The largest absolute Gasteiger partial charge is 0.477 e. The van der Waals surface area contributed by atoms with Gasteiger partial charge in [-0.05, 0) is 26.7 Å². The Hall–Kier alpha value is -1.42. The Balaban J connectivity index is 3.67. The molecule has 13 heteroatoms. The number of aliphatic hydroxyl groups is 8. The zero-order valence-corrected chi connectivity index (χ0v) is 17.8. The summed E-state index contributed by atoms with van der Waals surface area (Å²) in [5, 5.41) is 91.5. The Bertz CT molecular complexity index is 682. The summed E-state index contributed by atoms with van der Waals surface area (Å²) in [6.45, 7) is 2.49. The predicted molar refractivity (Wildman–Crippen MR) is 101 cm³/mol. The fourth-order valence-corrected chi connectivity index (χ4v) is 4.10. The molecule has 1 fully saturated rings. The topological polar surface area (TPSA) is 237 Å². The fourth-order valence-electron chi connectivity index (χ4n) is 4.10. The molecule has 182 valence electrons. The van der Waals surface area contributed by atoms with Gasteiger partial charge < -0.3 is 56.0 Å². The molecule has 0 aromatic rings. The van der Waals surface area contributed by atoms with E-state index in [-0.39, 0.29) is 0 Å². The molecule has 1 aliphatic rings. The van der Waals surface area contributed by atoms with Gasteiger partial charge in [0.25, 0.3) is 5.79 Å². The molecular formula is C18H33NO12. The lowest BCUT2D eigenvalue weighted by molar-refractivity contribution is -0.404. The predicted octanol–water partition coefficient (Wildman–Crippen LogP) is -4.02. The molecule has 1 heterocycles. The number of aliphatic carboxylic acids is 1. The van der Waals surface area contributed by atoms with Gasteiger partial charge in [-0.1, -0.05) is 13.8 Å². The van der Waals surface area contributed by atoms with Crippen molar-refractivity contribution in [3.8, 4) is 0 Å². The lowest BCUT2D eigenvalue weighted by Gasteiger charge is -2.67. The Kier molecular flexibility index (Phi) is 7.88. The first-order chi connectivity index (χ1) is 13.9. The summed E-state index contributed by atoms with van der Waals surface area (Å²) in [7, 11) is 0. The molecule has 3 unspecified atom stereocenters. The molecule has 10 N–H and O–H groups in total. The lowest BCUT2D eigenvalue weighted by atomic mass is 9.53. The normalized spacial score (nSPS) is 37.3. The molecule has 1 saturated heterocycles. The van der Waals surface area contributed by atoms with Gasteiger partial charge in [0.1, 0.15) is 18.3 Å². The van der Waals surface area contributed by atoms with Crippen LogP contribution in [0.1, 0.15) is 40.5 Å². The number of rotatable bonds is 9. The van der Waals surface area contributed by atoms with Crippen LogP contribution in [0.3, 0.4) is 0 Å². The van der Waals surface area contributed by atoms with Crippen LogP contribution in [0.15, 0.2) is 0 Å². The second kappa shape index (κ2) is 8.84. The van der Waals surface area contributed by atoms with Crippen LogP contribution < -0.4 is 5.32 Å². The third kappa shape index (κ3) is 4.05. The average Bonchev–Trinajstić information content (AvgIpc) is 2.68. The Labute approximate surface area is 178 Å². The number of hydrogen-bond donors (Lipinski definition) is 10. The minimum atomic E-state index is -3.09. The first kappa shape index (κ1) is 27.6. The summed E-state index contributed by atoms with van der Waals surface area (Å²) >= 11 is 0. The van der Waals surface area contributed by atoms with E-state index >= 15 is 0 Å². The van der Waals surface area contributed by atoms with Gasteiger partial charge in [0.05, 0.1) is 29.3 Å². The Morgan fingerprint density at radius 2 is 1.52 bits per heavy atom. The van der Waals surface area contributed by atoms with Crippen LogP contribution in [0.25, 0.3) is 0 Å². The number of amides is 1. The number of carbonyl (C=O) groups is 2. The maximum Gasteiger partial charge on any atom is 0.364 e. The molecule has 0 aromatic carbocycles.